The minimum atomic E-state index is 0. The van der Waals surface area contributed by atoms with Gasteiger partial charge in [0.05, 0.1) is 19.4 Å². The van der Waals surface area contributed by atoms with Crippen LogP contribution in [0.5, 0.6) is 0 Å². The Morgan fingerprint density at radius 3 is 2.90 bits per heavy atom. The number of hydrogen-bond donors (Lipinski definition) is 2. The molecule has 7 nitrogen and oxygen atoms in total. The second-order valence-corrected chi connectivity index (χ2v) is 7.04. The second kappa shape index (κ2) is 10.4. The van der Waals surface area contributed by atoms with Gasteiger partial charge in [-0.25, -0.2) is 14.7 Å². The third-order valence-electron chi connectivity index (χ3n) is 4.81. The fourth-order valence-electron chi connectivity index (χ4n) is 3.41. The first kappa shape index (κ1) is 21.4. The number of aliphatic imine (C=N–C) groups is 1. The normalized spacial score (nSPS) is 16.0. The van der Waals surface area contributed by atoms with Crippen molar-refractivity contribution in [1.82, 2.24) is 25.4 Å². The highest BCUT2D eigenvalue weighted by Crippen LogP contribution is 2.13. The van der Waals surface area contributed by atoms with E-state index < -0.39 is 0 Å². The van der Waals surface area contributed by atoms with Gasteiger partial charge in [0.15, 0.2) is 5.96 Å². The van der Waals surface area contributed by atoms with Gasteiger partial charge in [0, 0.05) is 25.4 Å². The SMILES string of the molecule is Cc1nc2n(n1)CC(NC(=NCc1ccccc1)NCCc1ccco1)CC2.I. The van der Waals surface area contributed by atoms with Crippen LogP contribution in [0.1, 0.15) is 29.4 Å². The van der Waals surface area contributed by atoms with Gasteiger partial charge >= 0.3 is 0 Å². The number of aryl methyl sites for hydroxylation is 2. The third-order valence-corrected chi connectivity index (χ3v) is 4.81. The first-order valence-electron chi connectivity index (χ1n) is 9.78. The van der Waals surface area contributed by atoms with Gasteiger partial charge in [-0.1, -0.05) is 30.3 Å². The van der Waals surface area contributed by atoms with Crippen molar-refractivity contribution in [3.05, 3.63) is 71.7 Å². The van der Waals surface area contributed by atoms with Crippen LogP contribution in [0.4, 0.5) is 0 Å². The van der Waals surface area contributed by atoms with E-state index in [2.05, 4.69) is 32.8 Å². The van der Waals surface area contributed by atoms with Crippen molar-refractivity contribution >= 4 is 29.9 Å². The lowest BCUT2D eigenvalue weighted by molar-refractivity contribution is 0.392. The predicted molar refractivity (Wildman–Crippen MR) is 123 cm³/mol. The Morgan fingerprint density at radius 2 is 2.10 bits per heavy atom. The summed E-state index contributed by atoms with van der Waals surface area (Å²) in [4.78, 5) is 9.27. The lowest BCUT2D eigenvalue weighted by Gasteiger charge is -2.25. The molecule has 0 spiro atoms. The molecule has 8 heteroatoms. The topological polar surface area (TPSA) is 80.3 Å². The summed E-state index contributed by atoms with van der Waals surface area (Å²) in [5.74, 6) is 3.70. The zero-order valence-corrected chi connectivity index (χ0v) is 18.9. The maximum atomic E-state index is 5.42. The molecule has 1 aliphatic rings. The zero-order chi connectivity index (χ0) is 19.2. The molecule has 2 aromatic heterocycles. The highest BCUT2D eigenvalue weighted by atomic mass is 127. The molecule has 0 saturated heterocycles. The van der Waals surface area contributed by atoms with Gasteiger partial charge in [-0.3, -0.25) is 0 Å². The molecule has 1 atom stereocenters. The first-order chi connectivity index (χ1) is 13.8. The molecule has 0 amide bonds. The molecule has 3 heterocycles. The molecule has 3 aromatic rings. The van der Waals surface area contributed by atoms with Crippen LogP contribution >= 0.6 is 24.0 Å². The van der Waals surface area contributed by atoms with E-state index in [9.17, 15) is 0 Å². The van der Waals surface area contributed by atoms with Crippen molar-refractivity contribution in [1.29, 1.82) is 0 Å². The molecule has 4 rings (SSSR count). The molecule has 154 valence electrons. The van der Waals surface area contributed by atoms with E-state index in [1.807, 2.05) is 41.9 Å². The van der Waals surface area contributed by atoms with Crippen molar-refractivity contribution in [3.63, 3.8) is 0 Å². The van der Waals surface area contributed by atoms with E-state index in [4.69, 9.17) is 9.41 Å². The maximum absolute atomic E-state index is 5.42. The van der Waals surface area contributed by atoms with Crippen molar-refractivity contribution < 1.29 is 4.42 Å². The Morgan fingerprint density at radius 1 is 1.24 bits per heavy atom. The average molecular weight is 506 g/mol. The van der Waals surface area contributed by atoms with Crippen LogP contribution in [0.2, 0.25) is 0 Å². The molecule has 0 radical (unpaired) electrons. The Labute approximate surface area is 188 Å². The Hall–Kier alpha value is -2.36. The second-order valence-electron chi connectivity index (χ2n) is 7.04. The van der Waals surface area contributed by atoms with Gasteiger partial charge in [-0.15, -0.1) is 24.0 Å². The lowest BCUT2D eigenvalue weighted by atomic mass is 10.1. The van der Waals surface area contributed by atoms with E-state index in [-0.39, 0.29) is 30.0 Å². The van der Waals surface area contributed by atoms with Crippen LogP contribution in [-0.2, 0) is 25.9 Å². The number of halogens is 1. The Balaban J connectivity index is 0.00000240. The molecule has 0 aliphatic carbocycles. The Kier molecular flexibility index (Phi) is 7.68. The summed E-state index contributed by atoms with van der Waals surface area (Å²) >= 11 is 0. The summed E-state index contributed by atoms with van der Waals surface area (Å²) in [6, 6.07) is 14.5. The first-order valence-corrected chi connectivity index (χ1v) is 9.78. The van der Waals surface area contributed by atoms with Crippen LogP contribution in [0, 0.1) is 6.92 Å². The minimum Gasteiger partial charge on any atom is -0.469 e. The van der Waals surface area contributed by atoms with E-state index in [1.165, 1.54) is 5.56 Å². The third kappa shape index (κ3) is 6.06. The summed E-state index contributed by atoms with van der Waals surface area (Å²) in [6.07, 6.45) is 4.47. The predicted octanol–water partition coefficient (Wildman–Crippen LogP) is 3.09. The molecule has 2 N–H and O–H groups in total. The number of furan rings is 1. The summed E-state index contributed by atoms with van der Waals surface area (Å²) in [5.41, 5.74) is 1.19. The van der Waals surface area contributed by atoms with Gasteiger partial charge in [0.1, 0.15) is 17.4 Å². The van der Waals surface area contributed by atoms with Crippen LogP contribution in [0.3, 0.4) is 0 Å². The van der Waals surface area contributed by atoms with Crippen LogP contribution < -0.4 is 10.6 Å². The van der Waals surface area contributed by atoms with Crippen molar-refractivity contribution in [2.24, 2.45) is 4.99 Å². The Bertz CT molecular complexity index is 907. The number of benzene rings is 1. The number of rotatable bonds is 6. The monoisotopic (exact) mass is 506 g/mol. The largest absolute Gasteiger partial charge is 0.469 e. The van der Waals surface area contributed by atoms with Crippen molar-refractivity contribution in [3.8, 4) is 0 Å². The van der Waals surface area contributed by atoms with Crippen molar-refractivity contribution in [2.45, 2.75) is 45.3 Å². The van der Waals surface area contributed by atoms with E-state index in [0.29, 0.717) is 6.54 Å². The molecule has 0 fully saturated rings. The lowest BCUT2D eigenvalue weighted by Crippen LogP contribution is -2.47. The van der Waals surface area contributed by atoms with E-state index in [1.54, 1.807) is 6.26 Å². The highest BCUT2D eigenvalue weighted by Gasteiger charge is 2.21. The molecule has 0 bridgehead atoms. The summed E-state index contributed by atoms with van der Waals surface area (Å²) in [7, 11) is 0. The average Bonchev–Trinajstić information content (AvgIpc) is 3.35. The number of nitrogens with one attached hydrogen (secondary N) is 2. The van der Waals surface area contributed by atoms with Gasteiger partial charge in [-0.2, -0.15) is 5.10 Å². The molecule has 0 saturated carbocycles. The highest BCUT2D eigenvalue weighted by molar-refractivity contribution is 14.0. The molecule has 1 aliphatic heterocycles. The number of fused-ring (bicyclic) bond motifs is 1. The van der Waals surface area contributed by atoms with Gasteiger partial charge in [0.25, 0.3) is 0 Å². The number of guanidine groups is 1. The standard InChI is InChI=1S/C21H26N6O.HI/c1-16-24-20-10-9-18(15-27(20)26-16)25-21(22-12-11-19-8-5-13-28-19)23-14-17-6-3-2-4-7-17;/h2-8,13,18H,9-12,14-15H2,1H3,(H2,22,23,25);1H. The number of aromatic nitrogens is 3. The van der Waals surface area contributed by atoms with Crippen LogP contribution in [0.15, 0.2) is 58.1 Å². The summed E-state index contributed by atoms with van der Waals surface area (Å²) in [5, 5.41) is 11.5. The number of nitrogens with zero attached hydrogens (tertiary/aromatic N) is 4. The van der Waals surface area contributed by atoms with Gasteiger partial charge < -0.3 is 15.1 Å². The molecular weight excluding hydrogens is 479 g/mol. The summed E-state index contributed by atoms with van der Waals surface area (Å²) < 4.78 is 7.43. The van der Waals surface area contributed by atoms with Crippen molar-refractivity contribution in [2.75, 3.05) is 6.54 Å². The van der Waals surface area contributed by atoms with Crippen LogP contribution in [0.25, 0.3) is 0 Å². The minimum absolute atomic E-state index is 0. The number of hydrogen-bond acceptors (Lipinski definition) is 4. The smallest absolute Gasteiger partial charge is 0.191 e. The molecule has 1 aromatic carbocycles. The zero-order valence-electron chi connectivity index (χ0n) is 16.5. The van der Waals surface area contributed by atoms with Crippen LogP contribution in [-0.4, -0.2) is 33.3 Å². The van der Waals surface area contributed by atoms with E-state index in [0.717, 1.165) is 55.7 Å². The molecule has 29 heavy (non-hydrogen) atoms. The molecule has 1 unspecified atom stereocenters. The van der Waals surface area contributed by atoms with Gasteiger partial charge in [0.2, 0.25) is 0 Å². The quantitative estimate of drug-likeness (QED) is 0.305. The molecular formula is C21H27IN6O. The fraction of sp³-hybridized carbons (Fsp3) is 0.381. The maximum Gasteiger partial charge on any atom is 0.191 e. The van der Waals surface area contributed by atoms with E-state index >= 15 is 0 Å². The van der Waals surface area contributed by atoms with Gasteiger partial charge in [-0.05, 0) is 31.0 Å². The fourth-order valence-corrected chi connectivity index (χ4v) is 3.41. The summed E-state index contributed by atoms with van der Waals surface area (Å²) in [6.45, 7) is 4.14.